The van der Waals surface area contributed by atoms with Crippen molar-refractivity contribution in [1.82, 2.24) is 4.90 Å². The molecule has 0 saturated heterocycles. The van der Waals surface area contributed by atoms with E-state index in [2.05, 4.69) is 22.9 Å². The highest BCUT2D eigenvalue weighted by Gasteiger charge is 2.34. The van der Waals surface area contributed by atoms with Gasteiger partial charge in [-0.05, 0) is 49.9 Å². The van der Waals surface area contributed by atoms with Crippen LogP contribution < -0.4 is 0 Å². The van der Waals surface area contributed by atoms with E-state index >= 15 is 0 Å². The van der Waals surface area contributed by atoms with Crippen LogP contribution in [0.3, 0.4) is 0 Å². The van der Waals surface area contributed by atoms with Gasteiger partial charge in [0.1, 0.15) is 0 Å². The molecule has 3 nitrogen and oxygen atoms in total. The fraction of sp³-hybridized carbons (Fsp3) is 0.533. The first-order chi connectivity index (χ1) is 9.13. The van der Waals surface area contributed by atoms with E-state index in [1.54, 1.807) is 7.11 Å². The summed E-state index contributed by atoms with van der Waals surface area (Å²) >= 11 is 3.39. The molecule has 1 aromatic carbocycles. The fourth-order valence-electron chi connectivity index (χ4n) is 2.27. The number of rotatable bonds is 6. The van der Waals surface area contributed by atoms with Crippen molar-refractivity contribution in [2.45, 2.75) is 25.8 Å². The Labute approximate surface area is 123 Å². The molecule has 0 spiro atoms. The number of benzene rings is 1. The van der Waals surface area contributed by atoms with E-state index in [4.69, 9.17) is 4.74 Å². The third kappa shape index (κ3) is 3.80. The summed E-state index contributed by atoms with van der Waals surface area (Å²) in [6.45, 7) is 3.38. The molecule has 1 fully saturated rings. The predicted molar refractivity (Wildman–Crippen MR) is 79.2 cm³/mol. The quantitative estimate of drug-likeness (QED) is 0.802. The molecule has 0 aromatic heterocycles. The van der Waals surface area contributed by atoms with E-state index in [0.717, 1.165) is 10.0 Å². The molecule has 1 unspecified atom stereocenters. The van der Waals surface area contributed by atoms with Gasteiger partial charge in [-0.3, -0.25) is 4.79 Å². The van der Waals surface area contributed by atoms with Gasteiger partial charge < -0.3 is 9.64 Å². The van der Waals surface area contributed by atoms with Gasteiger partial charge in [-0.1, -0.05) is 15.9 Å². The van der Waals surface area contributed by atoms with Crippen LogP contribution in [-0.4, -0.2) is 37.1 Å². The first-order valence-electron chi connectivity index (χ1n) is 6.69. The van der Waals surface area contributed by atoms with Crippen LogP contribution in [0.1, 0.15) is 30.1 Å². The van der Waals surface area contributed by atoms with Gasteiger partial charge >= 0.3 is 0 Å². The van der Waals surface area contributed by atoms with E-state index in [0.29, 0.717) is 25.1 Å². The topological polar surface area (TPSA) is 29.5 Å². The molecule has 0 radical (unpaired) electrons. The lowest BCUT2D eigenvalue weighted by Crippen LogP contribution is -2.42. The molecule has 0 aliphatic heterocycles. The number of carbonyl (C=O) groups is 1. The second-order valence-corrected chi connectivity index (χ2v) is 5.99. The summed E-state index contributed by atoms with van der Waals surface area (Å²) in [5.74, 6) is 0.764. The molecule has 1 atom stereocenters. The summed E-state index contributed by atoms with van der Waals surface area (Å²) in [5, 5.41) is 0. The van der Waals surface area contributed by atoms with Gasteiger partial charge in [0, 0.05) is 29.7 Å². The van der Waals surface area contributed by atoms with Crippen molar-refractivity contribution < 1.29 is 9.53 Å². The maximum absolute atomic E-state index is 12.6. The molecule has 2 rings (SSSR count). The summed E-state index contributed by atoms with van der Waals surface area (Å²) in [7, 11) is 1.67. The third-order valence-electron chi connectivity index (χ3n) is 3.68. The van der Waals surface area contributed by atoms with Crippen molar-refractivity contribution in [3.05, 3.63) is 34.3 Å². The molecule has 1 aliphatic carbocycles. The van der Waals surface area contributed by atoms with Gasteiger partial charge in [-0.15, -0.1) is 0 Å². The maximum Gasteiger partial charge on any atom is 0.254 e. The summed E-state index contributed by atoms with van der Waals surface area (Å²) in [4.78, 5) is 14.5. The molecule has 1 amide bonds. The minimum Gasteiger partial charge on any atom is -0.383 e. The van der Waals surface area contributed by atoms with Crippen molar-refractivity contribution >= 4 is 21.8 Å². The van der Waals surface area contributed by atoms with E-state index in [1.165, 1.54) is 12.8 Å². The van der Waals surface area contributed by atoms with E-state index in [-0.39, 0.29) is 5.91 Å². The van der Waals surface area contributed by atoms with Crippen LogP contribution in [0.4, 0.5) is 0 Å². The SMILES string of the molecule is COCCN(C(=O)c1ccc(Br)cc1)C(C)C1CC1. The first-order valence-corrected chi connectivity index (χ1v) is 7.48. The largest absolute Gasteiger partial charge is 0.383 e. The van der Waals surface area contributed by atoms with Gasteiger partial charge in [0.2, 0.25) is 0 Å². The lowest BCUT2D eigenvalue weighted by atomic mass is 10.1. The van der Waals surface area contributed by atoms with Crippen LogP contribution in [0.15, 0.2) is 28.7 Å². The highest BCUT2D eigenvalue weighted by molar-refractivity contribution is 9.10. The Morgan fingerprint density at radius 3 is 2.58 bits per heavy atom. The zero-order valence-electron chi connectivity index (χ0n) is 11.4. The van der Waals surface area contributed by atoms with Crippen LogP contribution in [0.5, 0.6) is 0 Å². The standard InChI is InChI=1S/C15H20BrNO2/c1-11(12-3-4-12)17(9-10-19-2)15(18)13-5-7-14(16)8-6-13/h5-8,11-12H,3-4,9-10H2,1-2H3. The highest BCUT2D eigenvalue weighted by atomic mass is 79.9. The molecule has 104 valence electrons. The second-order valence-electron chi connectivity index (χ2n) is 5.08. The number of hydrogen-bond donors (Lipinski definition) is 0. The van der Waals surface area contributed by atoms with Gasteiger partial charge in [0.15, 0.2) is 0 Å². The van der Waals surface area contributed by atoms with Crippen LogP contribution in [0.25, 0.3) is 0 Å². The Kier molecular flexibility index (Phi) is 4.99. The molecule has 0 bridgehead atoms. The molecule has 1 aliphatic rings. The minimum absolute atomic E-state index is 0.101. The lowest BCUT2D eigenvalue weighted by molar-refractivity contribution is 0.0594. The van der Waals surface area contributed by atoms with E-state index < -0.39 is 0 Å². The summed E-state index contributed by atoms with van der Waals surface area (Å²) in [5.41, 5.74) is 0.742. The van der Waals surface area contributed by atoms with Gasteiger partial charge in [-0.2, -0.15) is 0 Å². The van der Waals surface area contributed by atoms with Crippen molar-refractivity contribution in [3.8, 4) is 0 Å². The molecule has 4 heteroatoms. The van der Waals surface area contributed by atoms with Crippen molar-refractivity contribution in [1.29, 1.82) is 0 Å². The molecule has 19 heavy (non-hydrogen) atoms. The predicted octanol–water partition coefficient (Wildman–Crippen LogP) is 3.34. The molecule has 0 heterocycles. The zero-order valence-corrected chi connectivity index (χ0v) is 13.0. The normalized spacial score (nSPS) is 16.2. The Balaban J connectivity index is 2.11. The Morgan fingerprint density at radius 1 is 1.42 bits per heavy atom. The minimum atomic E-state index is 0.101. The molecule has 0 N–H and O–H groups in total. The van der Waals surface area contributed by atoms with E-state index in [9.17, 15) is 4.79 Å². The number of nitrogens with zero attached hydrogens (tertiary/aromatic N) is 1. The van der Waals surface area contributed by atoms with Crippen molar-refractivity contribution in [3.63, 3.8) is 0 Å². The van der Waals surface area contributed by atoms with Crippen LogP contribution >= 0.6 is 15.9 Å². The number of carbonyl (C=O) groups excluding carboxylic acids is 1. The van der Waals surface area contributed by atoms with Crippen LogP contribution in [0.2, 0.25) is 0 Å². The molecule has 1 saturated carbocycles. The summed E-state index contributed by atoms with van der Waals surface area (Å²) in [6, 6.07) is 7.84. The Morgan fingerprint density at radius 2 is 2.05 bits per heavy atom. The second kappa shape index (κ2) is 6.53. The summed E-state index contributed by atoms with van der Waals surface area (Å²) < 4.78 is 6.12. The van der Waals surface area contributed by atoms with Crippen LogP contribution in [0, 0.1) is 5.92 Å². The Hall–Kier alpha value is -0.870. The Bertz CT molecular complexity index is 428. The fourth-order valence-corrected chi connectivity index (χ4v) is 2.54. The van der Waals surface area contributed by atoms with Crippen LogP contribution in [-0.2, 0) is 4.74 Å². The number of halogens is 1. The smallest absolute Gasteiger partial charge is 0.254 e. The molecular weight excluding hydrogens is 306 g/mol. The summed E-state index contributed by atoms with van der Waals surface area (Å²) in [6.07, 6.45) is 2.47. The maximum atomic E-state index is 12.6. The van der Waals surface area contributed by atoms with E-state index in [1.807, 2.05) is 29.2 Å². The molecular formula is C15H20BrNO2. The average Bonchev–Trinajstić information content (AvgIpc) is 3.23. The third-order valence-corrected chi connectivity index (χ3v) is 4.21. The number of methoxy groups -OCH3 is 1. The number of ether oxygens (including phenoxy) is 1. The number of amides is 1. The first kappa shape index (κ1) is 14.5. The lowest BCUT2D eigenvalue weighted by Gasteiger charge is -2.29. The van der Waals surface area contributed by atoms with Crippen molar-refractivity contribution in [2.75, 3.05) is 20.3 Å². The number of hydrogen-bond acceptors (Lipinski definition) is 2. The monoisotopic (exact) mass is 325 g/mol. The molecule has 1 aromatic rings. The average molecular weight is 326 g/mol. The van der Waals surface area contributed by atoms with Gasteiger partial charge in [0.25, 0.3) is 5.91 Å². The zero-order chi connectivity index (χ0) is 13.8. The van der Waals surface area contributed by atoms with Gasteiger partial charge in [-0.25, -0.2) is 0 Å². The van der Waals surface area contributed by atoms with Crippen molar-refractivity contribution in [2.24, 2.45) is 5.92 Å². The highest BCUT2D eigenvalue weighted by Crippen LogP contribution is 2.35. The van der Waals surface area contributed by atoms with Gasteiger partial charge in [0.05, 0.1) is 6.61 Å².